The van der Waals surface area contributed by atoms with Gasteiger partial charge >= 0.3 is 5.97 Å². The van der Waals surface area contributed by atoms with Gasteiger partial charge in [-0.15, -0.1) is 6.58 Å². The van der Waals surface area contributed by atoms with Crippen LogP contribution < -0.4 is 0 Å². The van der Waals surface area contributed by atoms with Crippen LogP contribution in [0.4, 0.5) is 0 Å². The van der Waals surface area contributed by atoms with Crippen LogP contribution in [0.5, 0.6) is 0 Å². The standard InChI is InChI=1S/C5H8O2.C3H6O/c1-3-4-7-5(2)6;1-2-3-4/h3H,1,4H2,2H3;2,4H,1,3H2. The highest BCUT2D eigenvalue weighted by Gasteiger charge is 1.83. The summed E-state index contributed by atoms with van der Waals surface area (Å²) in [6, 6.07) is 0. The molecule has 0 heterocycles. The molecule has 0 unspecified atom stereocenters. The molecule has 0 aliphatic heterocycles. The molecule has 1 N–H and O–H groups in total. The topological polar surface area (TPSA) is 46.5 Å². The second-order valence-corrected chi connectivity index (χ2v) is 1.56. The molecule has 11 heavy (non-hydrogen) atoms. The van der Waals surface area contributed by atoms with Crippen molar-refractivity contribution in [2.45, 2.75) is 6.92 Å². The molecule has 0 fully saturated rings. The van der Waals surface area contributed by atoms with Crippen molar-refractivity contribution in [2.24, 2.45) is 0 Å². The molecule has 3 nitrogen and oxygen atoms in total. The van der Waals surface area contributed by atoms with E-state index in [2.05, 4.69) is 17.9 Å². The SMILES string of the molecule is C=CCO.C=CCOC(C)=O. The van der Waals surface area contributed by atoms with Crippen molar-refractivity contribution < 1.29 is 14.6 Å². The number of aliphatic hydroxyl groups excluding tert-OH is 1. The molecule has 0 saturated heterocycles. The number of aliphatic hydroxyl groups is 1. The van der Waals surface area contributed by atoms with E-state index >= 15 is 0 Å². The lowest BCUT2D eigenvalue weighted by molar-refractivity contribution is -0.139. The van der Waals surface area contributed by atoms with Crippen molar-refractivity contribution >= 4 is 5.97 Å². The third-order valence-corrected chi connectivity index (χ3v) is 0.534. The number of rotatable bonds is 3. The highest BCUT2D eigenvalue weighted by atomic mass is 16.5. The highest BCUT2D eigenvalue weighted by Crippen LogP contribution is 1.73. The first-order valence-electron chi connectivity index (χ1n) is 3.15. The Morgan fingerprint density at radius 2 is 2.00 bits per heavy atom. The first-order chi connectivity index (χ1) is 5.18. The van der Waals surface area contributed by atoms with Crippen molar-refractivity contribution in [3.63, 3.8) is 0 Å². The lowest BCUT2D eigenvalue weighted by atomic mass is 10.7. The smallest absolute Gasteiger partial charge is 0.302 e. The zero-order chi connectivity index (χ0) is 9.11. The summed E-state index contributed by atoms with van der Waals surface area (Å²) in [5.74, 6) is -0.264. The third kappa shape index (κ3) is 27.8. The molecule has 3 heteroatoms. The summed E-state index contributed by atoms with van der Waals surface area (Å²) in [6.07, 6.45) is 2.96. The largest absolute Gasteiger partial charge is 0.462 e. The van der Waals surface area contributed by atoms with E-state index in [1.54, 1.807) is 0 Å². The Balaban J connectivity index is 0. The maximum absolute atomic E-state index is 9.93. The van der Waals surface area contributed by atoms with Crippen molar-refractivity contribution in [3.8, 4) is 0 Å². The van der Waals surface area contributed by atoms with Gasteiger partial charge in [-0.1, -0.05) is 18.7 Å². The van der Waals surface area contributed by atoms with Crippen LogP contribution in [0.15, 0.2) is 25.3 Å². The van der Waals surface area contributed by atoms with E-state index in [1.165, 1.54) is 19.1 Å². The molecule has 0 bridgehead atoms. The predicted molar refractivity (Wildman–Crippen MR) is 44.1 cm³/mol. The van der Waals surface area contributed by atoms with Gasteiger partial charge in [0.05, 0.1) is 6.61 Å². The van der Waals surface area contributed by atoms with Gasteiger partial charge in [-0.3, -0.25) is 4.79 Å². The number of hydrogen-bond acceptors (Lipinski definition) is 3. The fourth-order valence-electron chi connectivity index (χ4n) is 0.176. The Bertz CT molecular complexity index is 119. The Hall–Kier alpha value is -1.09. The third-order valence-electron chi connectivity index (χ3n) is 0.534. The molecular weight excluding hydrogens is 144 g/mol. The molecule has 64 valence electrons. The van der Waals surface area contributed by atoms with Gasteiger partial charge in [-0.25, -0.2) is 0 Å². The normalized spacial score (nSPS) is 7.09. The van der Waals surface area contributed by atoms with Gasteiger partial charge in [-0.05, 0) is 0 Å². The second-order valence-electron chi connectivity index (χ2n) is 1.56. The van der Waals surface area contributed by atoms with Gasteiger partial charge < -0.3 is 9.84 Å². The maximum atomic E-state index is 9.93. The van der Waals surface area contributed by atoms with Crippen LogP contribution in [0.1, 0.15) is 6.92 Å². The van der Waals surface area contributed by atoms with E-state index in [9.17, 15) is 4.79 Å². The summed E-state index contributed by atoms with van der Waals surface area (Å²) in [7, 11) is 0. The molecular formula is C8H14O3. The fraction of sp³-hybridized carbons (Fsp3) is 0.375. The van der Waals surface area contributed by atoms with Crippen molar-refractivity contribution in [1.29, 1.82) is 0 Å². The Kier molecular flexibility index (Phi) is 13.3. The lowest BCUT2D eigenvalue weighted by Crippen LogP contribution is -1.96. The number of carbonyl (C=O) groups is 1. The van der Waals surface area contributed by atoms with Crippen LogP contribution in [0.3, 0.4) is 0 Å². The van der Waals surface area contributed by atoms with Crippen molar-refractivity contribution in [3.05, 3.63) is 25.3 Å². The van der Waals surface area contributed by atoms with Crippen molar-refractivity contribution in [2.75, 3.05) is 13.2 Å². The fourth-order valence-corrected chi connectivity index (χ4v) is 0.176. The molecule has 0 radical (unpaired) electrons. The van der Waals surface area contributed by atoms with Crippen LogP contribution in [-0.2, 0) is 9.53 Å². The minimum absolute atomic E-state index is 0.0833. The molecule has 0 aromatic rings. The zero-order valence-corrected chi connectivity index (χ0v) is 6.75. The summed E-state index contributed by atoms with van der Waals surface area (Å²) in [4.78, 5) is 9.93. The van der Waals surface area contributed by atoms with Crippen LogP contribution >= 0.6 is 0 Å². The molecule has 0 rings (SSSR count). The van der Waals surface area contributed by atoms with Crippen molar-refractivity contribution in [1.82, 2.24) is 0 Å². The molecule has 0 amide bonds. The molecule has 0 aliphatic rings. The second kappa shape index (κ2) is 11.7. The lowest BCUT2D eigenvalue weighted by Gasteiger charge is -1.90. The van der Waals surface area contributed by atoms with E-state index < -0.39 is 0 Å². The molecule has 0 saturated carbocycles. The average molecular weight is 158 g/mol. The average Bonchev–Trinajstić information content (AvgIpc) is 2.01. The Morgan fingerprint density at radius 1 is 1.55 bits per heavy atom. The summed E-state index contributed by atoms with van der Waals surface area (Å²) in [5, 5.41) is 7.76. The summed E-state index contributed by atoms with van der Waals surface area (Å²) >= 11 is 0. The van der Waals surface area contributed by atoms with Crippen LogP contribution in [0, 0.1) is 0 Å². The number of esters is 1. The van der Waals surface area contributed by atoms with Crippen LogP contribution in [0.2, 0.25) is 0 Å². The first-order valence-corrected chi connectivity index (χ1v) is 3.15. The molecule has 0 aromatic heterocycles. The monoisotopic (exact) mass is 158 g/mol. The van der Waals surface area contributed by atoms with Gasteiger partial charge in [-0.2, -0.15) is 0 Å². The Labute approximate surface area is 67.0 Å². The highest BCUT2D eigenvalue weighted by molar-refractivity contribution is 5.65. The van der Waals surface area contributed by atoms with Crippen LogP contribution in [0.25, 0.3) is 0 Å². The molecule has 0 spiro atoms. The zero-order valence-electron chi connectivity index (χ0n) is 6.75. The molecule has 0 aliphatic carbocycles. The van der Waals surface area contributed by atoms with Gasteiger partial charge in [0, 0.05) is 6.92 Å². The minimum Gasteiger partial charge on any atom is -0.462 e. The number of ether oxygens (including phenoxy) is 1. The number of hydrogen-bond donors (Lipinski definition) is 1. The van der Waals surface area contributed by atoms with Gasteiger partial charge in [0.2, 0.25) is 0 Å². The van der Waals surface area contributed by atoms with E-state index in [1.807, 2.05) is 0 Å². The van der Waals surface area contributed by atoms with E-state index in [0.29, 0.717) is 6.61 Å². The first kappa shape index (κ1) is 12.6. The quantitative estimate of drug-likeness (QED) is 0.490. The summed E-state index contributed by atoms with van der Waals surface area (Å²) < 4.78 is 4.43. The van der Waals surface area contributed by atoms with Gasteiger partial charge in [0.1, 0.15) is 6.61 Å². The van der Waals surface area contributed by atoms with E-state index in [0.717, 1.165) is 0 Å². The minimum atomic E-state index is -0.264. The molecule has 0 atom stereocenters. The summed E-state index contributed by atoms with van der Waals surface area (Å²) in [6.45, 7) is 8.35. The van der Waals surface area contributed by atoms with Crippen LogP contribution in [-0.4, -0.2) is 24.3 Å². The van der Waals surface area contributed by atoms with Gasteiger partial charge in [0.25, 0.3) is 0 Å². The Morgan fingerprint density at radius 3 is 2.09 bits per heavy atom. The number of carbonyl (C=O) groups excluding carboxylic acids is 1. The predicted octanol–water partition coefficient (Wildman–Crippen LogP) is 0.900. The maximum Gasteiger partial charge on any atom is 0.302 e. The summed E-state index contributed by atoms with van der Waals surface area (Å²) in [5.41, 5.74) is 0. The molecule has 0 aromatic carbocycles. The van der Waals surface area contributed by atoms with E-state index in [4.69, 9.17) is 5.11 Å². The van der Waals surface area contributed by atoms with E-state index in [-0.39, 0.29) is 12.6 Å². The van der Waals surface area contributed by atoms with Gasteiger partial charge in [0.15, 0.2) is 0 Å².